The number of hydrogen-bond acceptors (Lipinski definition) is 5. The van der Waals surface area contributed by atoms with Gasteiger partial charge >= 0.3 is 0 Å². The highest BCUT2D eigenvalue weighted by atomic mass is 35.5. The number of nitrogens with one attached hydrogen (secondary N) is 1. The van der Waals surface area contributed by atoms with Gasteiger partial charge in [-0.05, 0) is 65.6 Å². The molecular formula is C28H34ClN3O2S. The van der Waals surface area contributed by atoms with Gasteiger partial charge in [0.2, 0.25) is 5.91 Å². The van der Waals surface area contributed by atoms with Crippen molar-refractivity contribution in [3.8, 4) is 17.0 Å². The zero-order valence-electron chi connectivity index (χ0n) is 21.0. The molecule has 2 atom stereocenters. The third-order valence-corrected chi connectivity index (χ3v) is 7.94. The van der Waals surface area contributed by atoms with Crippen LogP contribution in [-0.2, 0) is 4.79 Å². The molecule has 0 bridgehead atoms. The number of aromatic nitrogens is 1. The first-order valence-electron chi connectivity index (χ1n) is 12.1. The summed E-state index contributed by atoms with van der Waals surface area (Å²) >= 11 is 7.62. The molecule has 1 aliphatic heterocycles. The van der Waals surface area contributed by atoms with Gasteiger partial charge in [0.05, 0.1) is 12.8 Å². The van der Waals surface area contributed by atoms with Crippen LogP contribution in [0.2, 0.25) is 5.02 Å². The Labute approximate surface area is 217 Å². The van der Waals surface area contributed by atoms with Crippen molar-refractivity contribution in [2.24, 2.45) is 11.3 Å². The maximum absolute atomic E-state index is 13.7. The number of carbonyl (C=O) groups is 1. The molecule has 5 nitrogen and oxygen atoms in total. The molecule has 0 radical (unpaired) electrons. The van der Waals surface area contributed by atoms with Crippen LogP contribution in [0.1, 0.15) is 45.6 Å². The molecule has 2 aromatic carbocycles. The smallest absolute Gasteiger partial charge is 0.245 e. The summed E-state index contributed by atoms with van der Waals surface area (Å²) in [6.07, 6.45) is 0.935. The van der Waals surface area contributed by atoms with Gasteiger partial charge < -0.3 is 15.0 Å². The Morgan fingerprint density at radius 3 is 2.46 bits per heavy atom. The number of amides is 1. The number of anilines is 1. The van der Waals surface area contributed by atoms with Crippen molar-refractivity contribution in [1.29, 1.82) is 0 Å². The van der Waals surface area contributed by atoms with Crippen molar-refractivity contribution < 1.29 is 9.53 Å². The van der Waals surface area contributed by atoms with Crippen LogP contribution >= 0.6 is 22.9 Å². The predicted octanol–water partition coefficient (Wildman–Crippen LogP) is 6.95. The van der Waals surface area contributed by atoms with Gasteiger partial charge in [-0.1, -0.05) is 51.4 Å². The number of likely N-dealkylation sites (tertiary alicyclic amines) is 1. The maximum Gasteiger partial charge on any atom is 0.245 e. The van der Waals surface area contributed by atoms with E-state index >= 15 is 0 Å². The van der Waals surface area contributed by atoms with E-state index in [4.69, 9.17) is 21.3 Å². The van der Waals surface area contributed by atoms with Gasteiger partial charge in [-0.15, -0.1) is 11.3 Å². The largest absolute Gasteiger partial charge is 0.497 e. The Kier molecular flexibility index (Phi) is 7.72. The molecule has 0 unspecified atom stereocenters. The van der Waals surface area contributed by atoms with E-state index in [0.29, 0.717) is 5.92 Å². The highest BCUT2D eigenvalue weighted by Gasteiger charge is 2.40. The second-order valence-electron chi connectivity index (χ2n) is 10.3. The Morgan fingerprint density at radius 2 is 1.86 bits per heavy atom. The summed E-state index contributed by atoms with van der Waals surface area (Å²) < 4.78 is 5.25. The van der Waals surface area contributed by atoms with E-state index in [1.54, 1.807) is 7.11 Å². The first-order valence-corrected chi connectivity index (χ1v) is 13.3. The first-order chi connectivity index (χ1) is 16.7. The van der Waals surface area contributed by atoms with Crippen LogP contribution in [0.15, 0.2) is 53.9 Å². The van der Waals surface area contributed by atoms with Gasteiger partial charge in [0.1, 0.15) is 11.8 Å². The van der Waals surface area contributed by atoms with E-state index < -0.39 is 0 Å². The minimum atomic E-state index is -0.326. The number of ether oxygens (including phenoxy) is 1. The fraction of sp³-hybridized carbons (Fsp3) is 0.429. The van der Waals surface area contributed by atoms with E-state index in [-0.39, 0.29) is 23.3 Å². The molecule has 0 aliphatic carbocycles. The number of carbonyl (C=O) groups excluding carboxylic acids is 1. The van der Waals surface area contributed by atoms with E-state index in [0.717, 1.165) is 46.7 Å². The summed E-state index contributed by atoms with van der Waals surface area (Å²) in [6.45, 7) is 10.1. The summed E-state index contributed by atoms with van der Waals surface area (Å²) in [5.41, 5.74) is 3.17. The molecule has 1 aliphatic rings. The maximum atomic E-state index is 13.7. The van der Waals surface area contributed by atoms with Gasteiger partial charge in [-0.25, -0.2) is 4.98 Å². The third kappa shape index (κ3) is 5.81. The SMILES string of the molecule is COc1ccc(-c2csc(N[C@@H](C(=O)N3CC[C@H](c4ccc(Cl)cc4)C(C)(C)C3)C(C)C)n2)cc1. The Balaban J connectivity index is 1.45. The average Bonchev–Trinajstić information content (AvgIpc) is 3.31. The van der Waals surface area contributed by atoms with Crippen LogP contribution < -0.4 is 10.1 Å². The minimum absolute atomic E-state index is 0.0357. The number of benzene rings is 2. The summed E-state index contributed by atoms with van der Waals surface area (Å²) in [5, 5.41) is 6.98. The molecule has 1 saturated heterocycles. The molecule has 1 fully saturated rings. The van der Waals surface area contributed by atoms with Crippen molar-refractivity contribution in [2.75, 3.05) is 25.5 Å². The van der Waals surface area contributed by atoms with Crippen molar-refractivity contribution in [3.05, 3.63) is 64.5 Å². The summed E-state index contributed by atoms with van der Waals surface area (Å²) in [5.74, 6) is 1.48. The van der Waals surface area contributed by atoms with Crippen LogP contribution in [0.3, 0.4) is 0 Å². The third-order valence-electron chi connectivity index (χ3n) is 6.92. The molecule has 1 N–H and O–H groups in total. The number of methoxy groups -OCH3 is 1. The minimum Gasteiger partial charge on any atom is -0.497 e. The van der Waals surface area contributed by atoms with Crippen LogP contribution in [0.25, 0.3) is 11.3 Å². The van der Waals surface area contributed by atoms with Gasteiger partial charge in [0.25, 0.3) is 0 Å². The lowest BCUT2D eigenvalue weighted by atomic mass is 9.70. The number of thiazole rings is 1. The number of piperidine rings is 1. The number of hydrogen-bond donors (Lipinski definition) is 1. The van der Waals surface area contributed by atoms with Crippen LogP contribution in [0.4, 0.5) is 5.13 Å². The zero-order chi connectivity index (χ0) is 25.2. The highest BCUT2D eigenvalue weighted by molar-refractivity contribution is 7.14. The second kappa shape index (κ2) is 10.6. The number of nitrogens with zero attached hydrogens (tertiary/aromatic N) is 2. The van der Waals surface area contributed by atoms with Crippen molar-refractivity contribution in [2.45, 2.75) is 46.1 Å². The topological polar surface area (TPSA) is 54.5 Å². The molecule has 1 aromatic heterocycles. The fourth-order valence-corrected chi connectivity index (χ4v) is 5.82. The quantitative estimate of drug-likeness (QED) is 0.373. The Hall–Kier alpha value is -2.57. The lowest BCUT2D eigenvalue weighted by Crippen LogP contribution is -2.53. The van der Waals surface area contributed by atoms with Gasteiger partial charge in [0, 0.05) is 29.1 Å². The fourth-order valence-electron chi connectivity index (χ4n) is 4.94. The molecule has 35 heavy (non-hydrogen) atoms. The number of halogens is 1. The van der Waals surface area contributed by atoms with Gasteiger partial charge in [0.15, 0.2) is 5.13 Å². The zero-order valence-corrected chi connectivity index (χ0v) is 22.6. The van der Waals surface area contributed by atoms with Gasteiger partial charge in [-0.3, -0.25) is 4.79 Å². The van der Waals surface area contributed by atoms with Crippen molar-refractivity contribution >= 4 is 34.0 Å². The van der Waals surface area contributed by atoms with Crippen LogP contribution in [-0.4, -0.2) is 42.0 Å². The van der Waals surface area contributed by atoms with Gasteiger partial charge in [-0.2, -0.15) is 0 Å². The summed E-state index contributed by atoms with van der Waals surface area (Å²) in [4.78, 5) is 20.5. The second-order valence-corrected chi connectivity index (χ2v) is 11.6. The van der Waals surface area contributed by atoms with E-state index in [1.165, 1.54) is 16.9 Å². The van der Waals surface area contributed by atoms with E-state index in [2.05, 4.69) is 45.1 Å². The molecular weight excluding hydrogens is 478 g/mol. The van der Waals surface area contributed by atoms with E-state index in [1.807, 2.05) is 46.7 Å². The van der Waals surface area contributed by atoms with E-state index in [9.17, 15) is 4.79 Å². The molecule has 7 heteroatoms. The average molecular weight is 512 g/mol. The van der Waals surface area contributed by atoms with Crippen molar-refractivity contribution in [1.82, 2.24) is 9.88 Å². The molecule has 1 amide bonds. The lowest BCUT2D eigenvalue weighted by molar-refractivity contribution is -0.136. The monoisotopic (exact) mass is 511 g/mol. The Morgan fingerprint density at radius 1 is 1.17 bits per heavy atom. The lowest BCUT2D eigenvalue weighted by Gasteiger charge is -2.45. The summed E-state index contributed by atoms with van der Waals surface area (Å²) in [6, 6.07) is 15.7. The first kappa shape index (κ1) is 25.5. The van der Waals surface area contributed by atoms with Crippen LogP contribution in [0.5, 0.6) is 5.75 Å². The summed E-state index contributed by atoms with van der Waals surface area (Å²) in [7, 11) is 1.66. The van der Waals surface area contributed by atoms with Crippen molar-refractivity contribution in [3.63, 3.8) is 0 Å². The molecule has 4 rings (SSSR count). The normalized spacial score (nSPS) is 18.4. The molecule has 0 saturated carbocycles. The standard InChI is InChI=1S/C28H34ClN3O2S/c1-18(2)25(31-27-30-24(16-35-27)20-8-12-22(34-5)13-9-20)26(33)32-15-14-23(28(3,4)17-32)19-6-10-21(29)11-7-19/h6-13,16,18,23,25H,14-15,17H2,1-5H3,(H,30,31)/t23-,25-/m1/s1. The molecule has 2 heterocycles. The molecule has 186 valence electrons. The Bertz CT molecular complexity index is 1140. The highest BCUT2D eigenvalue weighted by Crippen LogP contribution is 2.42. The predicted molar refractivity (Wildman–Crippen MR) is 146 cm³/mol. The molecule has 0 spiro atoms. The van der Waals surface area contributed by atoms with Crippen LogP contribution in [0, 0.1) is 11.3 Å². The molecule has 3 aromatic rings. The number of rotatable bonds is 7.